The summed E-state index contributed by atoms with van der Waals surface area (Å²) in [5.74, 6) is 0. The SMILES string of the molecule is COC(=O)NNc1ccc(Sc2nc3ccccc3s2)c(C)c1. The van der Waals surface area contributed by atoms with E-state index in [-0.39, 0.29) is 0 Å². The fourth-order valence-electron chi connectivity index (χ4n) is 2.00. The van der Waals surface area contributed by atoms with Crippen molar-refractivity contribution in [3.63, 3.8) is 0 Å². The zero-order valence-electron chi connectivity index (χ0n) is 12.6. The lowest BCUT2D eigenvalue weighted by atomic mass is 10.2. The van der Waals surface area contributed by atoms with E-state index >= 15 is 0 Å². The van der Waals surface area contributed by atoms with Crippen molar-refractivity contribution >= 4 is 45.1 Å². The molecular formula is C16H15N3O2S2. The summed E-state index contributed by atoms with van der Waals surface area (Å²) >= 11 is 3.33. The second-order valence-electron chi connectivity index (χ2n) is 4.77. The smallest absolute Gasteiger partial charge is 0.425 e. The molecule has 1 heterocycles. The number of para-hydroxylation sites is 1. The molecular weight excluding hydrogens is 330 g/mol. The number of anilines is 1. The maximum absolute atomic E-state index is 11.1. The fourth-order valence-corrected chi connectivity index (χ4v) is 4.10. The molecule has 0 aliphatic heterocycles. The number of benzene rings is 2. The van der Waals surface area contributed by atoms with Crippen molar-refractivity contribution in [1.29, 1.82) is 0 Å². The number of rotatable bonds is 4. The molecule has 5 nitrogen and oxygen atoms in total. The van der Waals surface area contributed by atoms with E-state index in [2.05, 4.69) is 26.6 Å². The average molecular weight is 345 g/mol. The van der Waals surface area contributed by atoms with Crippen molar-refractivity contribution in [2.24, 2.45) is 0 Å². The van der Waals surface area contributed by atoms with E-state index in [1.165, 1.54) is 11.8 Å². The number of nitrogens with one attached hydrogen (secondary N) is 2. The quantitative estimate of drug-likeness (QED) is 0.685. The number of hydrazine groups is 1. The summed E-state index contributed by atoms with van der Waals surface area (Å²) in [6, 6.07) is 14.0. The third-order valence-electron chi connectivity index (χ3n) is 3.14. The van der Waals surface area contributed by atoms with Crippen LogP contribution in [0.4, 0.5) is 10.5 Å². The van der Waals surface area contributed by atoms with Crippen molar-refractivity contribution in [1.82, 2.24) is 10.4 Å². The summed E-state index contributed by atoms with van der Waals surface area (Å²) in [5.41, 5.74) is 8.16. The van der Waals surface area contributed by atoms with Gasteiger partial charge in [0.1, 0.15) is 0 Å². The number of amides is 1. The molecule has 0 bridgehead atoms. The van der Waals surface area contributed by atoms with Crippen LogP contribution in [0.5, 0.6) is 0 Å². The van der Waals surface area contributed by atoms with Crippen LogP contribution >= 0.6 is 23.1 Å². The van der Waals surface area contributed by atoms with Crippen LogP contribution in [0.1, 0.15) is 5.56 Å². The molecule has 23 heavy (non-hydrogen) atoms. The van der Waals surface area contributed by atoms with Gasteiger partial charge in [0.05, 0.1) is 23.0 Å². The largest absolute Gasteiger partial charge is 0.452 e. The fraction of sp³-hybridized carbons (Fsp3) is 0.125. The van der Waals surface area contributed by atoms with Crippen LogP contribution in [-0.4, -0.2) is 18.2 Å². The Hall–Kier alpha value is -2.25. The Kier molecular flexibility index (Phi) is 4.68. The summed E-state index contributed by atoms with van der Waals surface area (Å²) in [5, 5.41) is 0. The molecule has 0 aliphatic rings. The molecule has 0 unspecified atom stereocenters. The van der Waals surface area contributed by atoms with E-state index in [4.69, 9.17) is 0 Å². The number of fused-ring (bicyclic) bond motifs is 1. The molecule has 0 spiro atoms. The van der Waals surface area contributed by atoms with Crippen LogP contribution in [0.3, 0.4) is 0 Å². The molecule has 0 radical (unpaired) electrons. The third kappa shape index (κ3) is 3.75. The standard InChI is InChI=1S/C16H15N3O2S2/c1-10-9-11(18-19-15(20)21-2)7-8-13(10)22-16-17-12-5-3-4-6-14(12)23-16/h3-9,18H,1-2H3,(H,19,20). The van der Waals surface area contributed by atoms with Crippen LogP contribution in [0.25, 0.3) is 10.2 Å². The highest BCUT2D eigenvalue weighted by molar-refractivity contribution is 8.01. The highest BCUT2D eigenvalue weighted by atomic mass is 32.2. The summed E-state index contributed by atoms with van der Waals surface area (Å²) in [7, 11) is 1.32. The third-order valence-corrected chi connectivity index (χ3v) is 5.42. The first-order chi connectivity index (χ1) is 11.2. The molecule has 0 atom stereocenters. The van der Waals surface area contributed by atoms with Gasteiger partial charge in [-0.3, -0.25) is 5.43 Å². The van der Waals surface area contributed by atoms with E-state index in [1.54, 1.807) is 23.1 Å². The zero-order valence-corrected chi connectivity index (χ0v) is 14.3. The first kappa shape index (κ1) is 15.6. The lowest BCUT2D eigenvalue weighted by Crippen LogP contribution is -2.28. The summed E-state index contributed by atoms with van der Waals surface area (Å²) in [6.07, 6.45) is -0.532. The van der Waals surface area contributed by atoms with E-state index in [0.717, 1.165) is 26.0 Å². The molecule has 0 fully saturated rings. The van der Waals surface area contributed by atoms with Gasteiger partial charge in [-0.25, -0.2) is 15.2 Å². The average Bonchev–Trinajstić information content (AvgIpc) is 2.97. The summed E-state index contributed by atoms with van der Waals surface area (Å²) in [6.45, 7) is 2.03. The molecule has 1 amide bonds. The van der Waals surface area contributed by atoms with Crippen LogP contribution in [-0.2, 0) is 4.74 Å². The Morgan fingerprint density at radius 2 is 2.09 bits per heavy atom. The molecule has 0 aliphatic carbocycles. The number of aromatic nitrogens is 1. The maximum Gasteiger partial charge on any atom is 0.425 e. The second-order valence-corrected chi connectivity index (χ2v) is 7.09. The summed E-state index contributed by atoms with van der Waals surface area (Å²) in [4.78, 5) is 16.8. The van der Waals surface area contributed by atoms with Gasteiger partial charge in [0.25, 0.3) is 0 Å². The first-order valence-corrected chi connectivity index (χ1v) is 8.53. The van der Waals surface area contributed by atoms with E-state index < -0.39 is 6.09 Å². The molecule has 2 aromatic carbocycles. The van der Waals surface area contributed by atoms with Gasteiger partial charge in [0, 0.05) is 4.90 Å². The second kappa shape index (κ2) is 6.89. The zero-order chi connectivity index (χ0) is 16.2. The molecule has 2 N–H and O–H groups in total. The van der Waals surface area contributed by atoms with E-state index in [1.807, 2.05) is 43.3 Å². The number of aryl methyl sites for hydroxylation is 1. The van der Waals surface area contributed by atoms with Gasteiger partial charge in [0.15, 0.2) is 4.34 Å². The van der Waals surface area contributed by atoms with Crippen LogP contribution < -0.4 is 10.9 Å². The van der Waals surface area contributed by atoms with Crippen molar-refractivity contribution in [2.75, 3.05) is 12.5 Å². The van der Waals surface area contributed by atoms with E-state index in [0.29, 0.717) is 0 Å². The number of carbonyl (C=O) groups is 1. The van der Waals surface area contributed by atoms with Crippen molar-refractivity contribution in [2.45, 2.75) is 16.2 Å². The molecule has 118 valence electrons. The van der Waals surface area contributed by atoms with Gasteiger partial charge in [-0.15, -0.1) is 11.3 Å². The Morgan fingerprint density at radius 3 is 2.83 bits per heavy atom. The van der Waals surface area contributed by atoms with Gasteiger partial charge < -0.3 is 4.74 Å². The predicted molar refractivity (Wildman–Crippen MR) is 94.1 cm³/mol. The van der Waals surface area contributed by atoms with Gasteiger partial charge >= 0.3 is 6.09 Å². The number of methoxy groups -OCH3 is 1. The van der Waals surface area contributed by atoms with Crippen molar-refractivity contribution < 1.29 is 9.53 Å². The maximum atomic E-state index is 11.1. The number of thiazole rings is 1. The van der Waals surface area contributed by atoms with Crippen molar-refractivity contribution in [3.8, 4) is 0 Å². The van der Waals surface area contributed by atoms with Gasteiger partial charge in [-0.05, 0) is 42.8 Å². The lowest BCUT2D eigenvalue weighted by molar-refractivity contribution is 0.173. The molecule has 0 saturated carbocycles. The minimum atomic E-state index is -0.532. The Morgan fingerprint density at radius 1 is 1.26 bits per heavy atom. The van der Waals surface area contributed by atoms with Crippen LogP contribution in [0.2, 0.25) is 0 Å². The molecule has 1 aromatic heterocycles. The number of ether oxygens (including phenoxy) is 1. The van der Waals surface area contributed by atoms with Gasteiger partial charge in [0.2, 0.25) is 0 Å². The summed E-state index contributed by atoms with van der Waals surface area (Å²) < 4.78 is 6.71. The Balaban J connectivity index is 1.74. The minimum Gasteiger partial charge on any atom is -0.452 e. The highest BCUT2D eigenvalue weighted by Crippen LogP contribution is 2.36. The highest BCUT2D eigenvalue weighted by Gasteiger charge is 2.08. The Bertz CT molecular complexity index is 815. The minimum absolute atomic E-state index is 0.532. The van der Waals surface area contributed by atoms with Gasteiger partial charge in [-0.1, -0.05) is 23.9 Å². The topological polar surface area (TPSA) is 63.2 Å². The Labute approximate surface area is 142 Å². The number of hydrogen-bond acceptors (Lipinski definition) is 6. The first-order valence-electron chi connectivity index (χ1n) is 6.90. The lowest BCUT2D eigenvalue weighted by Gasteiger charge is -2.10. The van der Waals surface area contributed by atoms with Crippen molar-refractivity contribution in [3.05, 3.63) is 48.0 Å². The number of carbonyl (C=O) groups excluding carboxylic acids is 1. The molecule has 0 saturated heterocycles. The van der Waals surface area contributed by atoms with Crippen LogP contribution in [0, 0.1) is 6.92 Å². The molecule has 3 rings (SSSR count). The number of nitrogens with zero attached hydrogens (tertiary/aromatic N) is 1. The normalized spacial score (nSPS) is 10.5. The van der Waals surface area contributed by atoms with Crippen LogP contribution in [0.15, 0.2) is 51.7 Å². The molecule has 3 aromatic rings. The molecule has 7 heteroatoms. The van der Waals surface area contributed by atoms with Gasteiger partial charge in [-0.2, -0.15) is 0 Å². The van der Waals surface area contributed by atoms with E-state index in [9.17, 15) is 4.79 Å². The monoisotopic (exact) mass is 345 g/mol. The number of hydrogen-bond donors (Lipinski definition) is 2. The predicted octanol–water partition coefficient (Wildman–Crippen LogP) is 4.44.